The van der Waals surface area contributed by atoms with Crippen LogP contribution in [0.25, 0.3) is 0 Å². The van der Waals surface area contributed by atoms with Crippen molar-refractivity contribution in [1.82, 2.24) is 4.31 Å². The highest BCUT2D eigenvalue weighted by Gasteiger charge is 2.38. The predicted molar refractivity (Wildman–Crippen MR) is 111 cm³/mol. The zero-order chi connectivity index (χ0) is 21.6. The number of ketones is 1. The molecule has 1 aliphatic rings. The molecule has 1 unspecified atom stereocenters. The Kier molecular flexibility index (Phi) is 7.23. The summed E-state index contributed by atoms with van der Waals surface area (Å²) in [6.07, 6.45) is 1.75. The van der Waals surface area contributed by atoms with Crippen molar-refractivity contribution in [3.63, 3.8) is 0 Å². The highest BCUT2D eigenvalue weighted by molar-refractivity contribution is 7.89. The van der Waals surface area contributed by atoms with Crippen LogP contribution in [0.2, 0.25) is 0 Å². The Bertz CT molecular complexity index is 972. The third kappa shape index (κ3) is 5.06. The lowest BCUT2D eigenvalue weighted by Gasteiger charge is -2.32. The molecule has 0 spiro atoms. The number of benzene rings is 2. The molecule has 1 aliphatic heterocycles. The molecule has 1 atom stereocenters. The summed E-state index contributed by atoms with van der Waals surface area (Å²) in [5, 5.41) is 0. The fraction of sp³-hybridized carbons (Fsp3) is 0.364. The molecule has 0 radical (unpaired) electrons. The van der Waals surface area contributed by atoms with Crippen LogP contribution < -0.4 is 4.74 Å². The minimum Gasteiger partial charge on any atom is -0.494 e. The van der Waals surface area contributed by atoms with Crippen LogP contribution in [0.5, 0.6) is 5.75 Å². The van der Waals surface area contributed by atoms with Crippen molar-refractivity contribution in [3.05, 3.63) is 60.2 Å². The van der Waals surface area contributed by atoms with Gasteiger partial charge in [0.25, 0.3) is 0 Å². The van der Waals surface area contributed by atoms with Gasteiger partial charge >= 0.3 is 5.97 Å². The van der Waals surface area contributed by atoms with Gasteiger partial charge in [0, 0.05) is 12.1 Å². The number of hydrogen-bond acceptors (Lipinski definition) is 6. The van der Waals surface area contributed by atoms with Crippen LogP contribution in [0.1, 0.15) is 36.5 Å². The Morgan fingerprint density at radius 2 is 1.73 bits per heavy atom. The van der Waals surface area contributed by atoms with Crippen LogP contribution in [-0.4, -0.2) is 50.3 Å². The molecule has 30 heavy (non-hydrogen) atoms. The summed E-state index contributed by atoms with van der Waals surface area (Å²) < 4.78 is 37.7. The van der Waals surface area contributed by atoms with Gasteiger partial charge in [-0.05, 0) is 62.6 Å². The van der Waals surface area contributed by atoms with Crippen molar-refractivity contribution in [1.29, 1.82) is 0 Å². The maximum absolute atomic E-state index is 13.0. The van der Waals surface area contributed by atoms with E-state index in [2.05, 4.69) is 0 Å². The van der Waals surface area contributed by atoms with Gasteiger partial charge in [0.1, 0.15) is 11.8 Å². The highest BCUT2D eigenvalue weighted by Crippen LogP contribution is 2.26. The second-order valence-electron chi connectivity index (χ2n) is 6.93. The molecular formula is C22H25NO6S. The van der Waals surface area contributed by atoms with E-state index in [0.29, 0.717) is 37.2 Å². The van der Waals surface area contributed by atoms with Crippen LogP contribution in [0.3, 0.4) is 0 Å². The SMILES string of the molecule is CCOc1ccc(C(=O)COC(=O)C2CCCCN2S(=O)(=O)c2ccccc2)cc1. The fourth-order valence-electron chi connectivity index (χ4n) is 3.38. The van der Waals surface area contributed by atoms with Crippen LogP contribution >= 0.6 is 0 Å². The van der Waals surface area contributed by atoms with Gasteiger partial charge in [0.05, 0.1) is 11.5 Å². The molecule has 7 nitrogen and oxygen atoms in total. The Labute approximate surface area is 176 Å². The number of nitrogens with zero attached hydrogens (tertiary/aromatic N) is 1. The number of esters is 1. The molecule has 2 aromatic carbocycles. The van der Waals surface area contributed by atoms with E-state index >= 15 is 0 Å². The first-order valence-electron chi connectivity index (χ1n) is 9.93. The van der Waals surface area contributed by atoms with Gasteiger partial charge < -0.3 is 9.47 Å². The molecule has 3 rings (SSSR count). The molecule has 160 valence electrons. The van der Waals surface area contributed by atoms with E-state index in [-0.39, 0.29) is 17.2 Å². The van der Waals surface area contributed by atoms with E-state index in [1.807, 2.05) is 6.92 Å². The lowest BCUT2D eigenvalue weighted by molar-refractivity contribution is -0.148. The highest BCUT2D eigenvalue weighted by atomic mass is 32.2. The maximum atomic E-state index is 13.0. The summed E-state index contributed by atoms with van der Waals surface area (Å²) >= 11 is 0. The third-order valence-corrected chi connectivity index (χ3v) is 6.83. The zero-order valence-electron chi connectivity index (χ0n) is 16.8. The van der Waals surface area contributed by atoms with Crippen molar-refractivity contribution >= 4 is 21.8 Å². The number of ether oxygens (including phenoxy) is 2. The van der Waals surface area contributed by atoms with Gasteiger partial charge in [-0.3, -0.25) is 9.59 Å². The van der Waals surface area contributed by atoms with Crippen LogP contribution in [0.4, 0.5) is 0 Å². The van der Waals surface area contributed by atoms with Crippen molar-refractivity contribution in [3.8, 4) is 5.75 Å². The van der Waals surface area contributed by atoms with Crippen LogP contribution in [-0.2, 0) is 19.6 Å². The lowest BCUT2D eigenvalue weighted by atomic mass is 10.1. The van der Waals surface area contributed by atoms with E-state index in [0.717, 1.165) is 0 Å². The fourth-order valence-corrected chi connectivity index (χ4v) is 5.04. The van der Waals surface area contributed by atoms with Gasteiger partial charge in [-0.15, -0.1) is 0 Å². The van der Waals surface area contributed by atoms with Crippen molar-refractivity contribution < 1.29 is 27.5 Å². The number of carbonyl (C=O) groups excluding carboxylic acids is 2. The maximum Gasteiger partial charge on any atom is 0.324 e. The molecule has 1 fully saturated rings. The molecule has 0 N–H and O–H groups in total. The minimum atomic E-state index is -3.82. The number of sulfonamides is 1. The molecule has 1 saturated heterocycles. The summed E-state index contributed by atoms with van der Waals surface area (Å²) in [6, 6.07) is 13.6. The summed E-state index contributed by atoms with van der Waals surface area (Å²) in [7, 11) is -3.82. The molecule has 0 saturated carbocycles. The normalized spacial score (nSPS) is 17.3. The monoisotopic (exact) mass is 431 g/mol. The second kappa shape index (κ2) is 9.86. The van der Waals surface area contributed by atoms with Crippen LogP contribution in [0, 0.1) is 0 Å². The van der Waals surface area contributed by atoms with Gasteiger partial charge in [-0.2, -0.15) is 4.31 Å². The predicted octanol–water partition coefficient (Wildman–Crippen LogP) is 3.05. The van der Waals surface area contributed by atoms with Gasteiger partial charge in [0.2, 0.25) is 10.0 Å². The zero-order valence-corrected chi connectivity index (χ0v) is 17.6. The van der Waals surface area contributed by atoms with Crippen LogP contribution in [0.15, 0.2) is 59.5 Å². The molecule has 0 aliphatic carbocycles. The molecular weight excluding hydrogens is 406 g/mol. The number of piperidine rings is 1. The molecule has 0 aromatic heterocycles. The summed E-state index contributed by atoms with van der Waals surface area (Å²) in [4.78, 5) is 25.1. The first kappa shape index (κ1) is 22.0. The van der Waals surface area contributed by atoms with Gasteiger partial charge in [-0.25, -0.2) is 8.42 Å². The molecule has 1 heterocycles. The average Bonchev–Trinajstić information content (AvgIpc) is 2.78. The van der Waals surface area contributed by atoms with Crippen molar-refractivity contribution in [2.75, 3.05) is 19.8 Å². The minimum absolute atomic E-state index is 0.134. The summed E-state index contributed by atoms with van der Waals surface area (Å²) in [5.74, 6) is -0.414. The first-order valence-corrected chi connectivity index (χ1v) is 11.4. The smallest absolute Gasteiger partial charge is 0.324 e. The quantitative estimate of drug-likeness (QED) is 0.471. The van der Waals surface area contributed by atoms with Crippen molar-refractivity contribution in [2.45, 2.75) is 37.1 Å². The van der Waals surface area contributed by atoms with Crippen molar-refractivity contribution in [2.24, 2.45) is 0 Å². The molecule has 0 amide bonds. The van der Waals surface area contributed by atoms with E-state index < -0.39 is 28.6 Å². The number of Topliss-reactive ketones (excluding diaryl/α,β-unsaturated/α-hetero) is 1. The van der Waals surface area contributed by atoms with E-state index in [1.165, 1.54) is 16.4 Å². The Hall–Kier alpha value is -2.71. The number of rotatable bonds is 8. The molecule has 0 bridgehead atoms. The average molecular weight is 432 g/mol. The van der Waals surface area contributed by atoms with E-state index in [4.69, 9.17) is 9.47 Å². The number of hydrogen-bond donors (Lipinski definition) is 0. The Balaban J connectivity index is 1.66. The first-order chi connectivity index (χ1) is 14.4. The Morgan fingerprint density at radius 1 is 1.03 bits per heavy atom. The van der Waals surface area contributed by atoms with E-state index in [1.54, 1.807) is 42.5 Å². The van der Waals surface area contributed by atoms with Gasteiger partial charge in [0.15, 0.2) is 12.4 Å². The third-order valence-electron chi connectivity index (χ3n) is 4.91. The molecule has 2 aromatic rings. The number of carbonyl (C=O) groups is 2. The summed E-state index contributed by atoms with van der Waals surface area (Å²) in [5.41, 5.74) is 0.392. The Morgan fingerprint density at radius 3 is 2.40 bits per heavy atom. The standard InChI is InChI=1S/C22H25NO6S/c1-2-28-18-13-11-17(12-14-18)21(24)16-29-22(25)20-10-6-7-15-23(20)30(26,27)19-8-4-3-5-9-19/h3-5,8-9,11-14,20H,2,6-7,10,15-16H2,1H3. The van der Waals surface area contributed by atoms with Gasteiger partial charge in [-0.1, -0.05) is 18.2 Å². The topological polar surface area (TPSA) is 90.0 Å². The lowest BCUT2D eigenvalue weighted by Crippen LogP contribution is -2.48. The van der Waals surface area contributed by atoms with E-state index in [9.17, 15) is 18.0 Å². The molecule has 8 heteroatoms. The second-order valence-corrected chi connectivity index (χ2v) is 8.82. The largest absolute Gasteiger partial charge is 0.494 e. The summed E-state index contributed by atoms with van der Waals surface area (Å²) in [6.45, 7) is 2.19.